The molecule has 1 saturated heterocycles. The van der Waals surface area contributed by atoms with Crippen molar-refractivity contribution in [1.82, 2.24) is 9.80 Å². The first-order valence-electron chi connectivity index (χ1n) is 6.49. The number of carbonyl (C=O) groups is 2. The van der Waals surface area contributed by atoms with Gasteiger partial charge in [0.05, 0.1) is 6.10 Å². The van der Waals surface area contributed by atoms with Gasteiger partial charge in [0.15, 0.2) is 0 Å². The molecule has 2 amide bonds. The van der Waals surface area contributed by atoms with Gasteiger partial charge in [0.1, 0.15) is 6.04 Å². The van der Waals surface area contributed by atoms with E-state index in [1.165, 1.54) is 4.90 Å². The minimum atomic E-state index is -1.04. The average molecular weight is 256 g/mol. The van der Waals surface area contributed by atoms with Crippen LogP contribution in [0.1, 0.15) is 26.2 Å². The fourth-order valence-corrected chi connectivity index (χ4v) is 2.40. The Hall–Kier alpha value is -1.30. The Morgan fingerprint density at radius 1 is 1.39 bits per heavy atom. The zero-order valence-electron chi connectivity index (χ0n) is 10.6. The number of aliphatic hydroxyl groups excluding tert-OH is 1. The number of amides is 2. The Bertz CT molecular complexity index is 343. The molecular formula is C12H20N2O4. The largest absolute Gasteiger partial charge is 0.480 e. The van der Waals surface area contributed by atoms with Gasteiger partial charge in [-0.2, -0.15) is 0 Å². The molecule has 102 valence electrons. The zero-order chi connectivity index (χ0) is 13.3. The molecule has 0 unspecified atom stereocenters. The summed E-state index contributed by atoms with van der Waals surface area (Å²) in [6.07, 6.45) is 1.70. The fraction of sp³-hybridized carbons (Fsp3) is 0.833. The maximum Gasteiger partial charge on any atom is 0.326 e. The molecule has 1 saturated carbocycles. The van der Waals surface area contributed by atoms with Gasteiger partial charge in [-0.3, -0.25) is 0 Å². The van der Waals surface area contributed by atoms with Crippen molar-refractivity contribution in [3.05, 3.63) is 0 Å². The van der Waals surface area contributed by atoms with Crippen molar-refractivity contribution in [2.24, 2.45) is 5.92 Å². The summed E-state index contributed by atoms with van der Waals surface area (Å²) in [7, 11) is 0. The number of aliphatic hydroxyl groups is 1. The summed E-state index contributed by atoms with van der Waals surface area (Å²) in [6.45, 7) is 3.29. The quantitative estimate of drug-likeness (QED) is 0.761. The van der Waals surface area contributed by atoms with Gasteiger partial charge < -0.3 is 20.0 Å². The highest BCUT2D eigenvalue weighted by Gasteiger charge is 2.41. The van der Waals surface area contributed by atoms with E-state index in [-0.39, 0.29) is 19.0 Å². The zero-order valence-corrected chi connectivity index (χ0v) is 10.6. The van der Waals surface area contributed by atoms with Crippen LogP contribution in [0.3, 0.4) is 0 Å². The number of rotatable bonds is 4. The molecule has 1 aliphatic carbocycles. The van der Waals surface area contributed by atoms with E-state index in [1.807, 2.05) is 6.92 Å². The normalized spacial score (nSPS) is 27.3. The Labute approximate surface area is 106 Å². The fourth-order valence-electron chi connectivity index (χ4n) is 2.40. The predicted molar refractivity (Wildman–Crippen MR) is 64.1 cm³/mol. The van der Waals surface area contributed by atoms with Crippen LogP contribution < -0.4 is 0 Å². The van der Waals surface area contributed by atoms with Crippen LogP contribution >= 0.6 is 0 Å². The molecule has 0 aromatic heterocycles. The van der Waals surface area contributed by atoms with Crippen LogP contribution in [0.15, 0.2) is 0 Å². The Morgan fingerprint density at radius 3 is 2.56 bits per heavy atom. The molecule has 2 aliphatic rings. The lowest BCUT2D eigenvalue weighted by molar-refractivity contribution is -0.141. The minimum absolute atomic E-state index is 0.122. The van der Waals surface area contributed by atoms with Gasteiger partial charge in [-0.15, -0.1) is 0 Å². The highest BCUT2D eigenvalue weighted by molar-refractivity contribution is 5.83. The smallest absolute Gasteiger partial charge is 0.326 e. The van der Waals surface area contributed by atoms with Gasteiger partial charge >= 0.3 is 12.0 Å². The number of carboxylic acid groups (broad SMARTS) is 1. The van der Waals surface area contributed by atoms with Crippen molar-refractivity contribution < 1.29 is 19.8 Å². The Morgan fingerprint density at radius 2 is 2.06 bits per heavy atom. The molecule has 1 aliphatic heterocycles. The number of hydrogen-bond donors (Lipinski definition) is 2. The van der Waals surface area contributed by atoms with Crippen molar-refractivity contribution in [3.63, 3.8) is 0 Å². The van der Waals surface area contributed by atoms with E-state index < -0.39 is 18.1 Å². The molecule has 2 atom stereocenters. The lowest BCUT2D eigenvalue weighted by Crippen LogP contribution is -2.48. The second-order valence-electron chi connectivity index (χ2n) is 5.16. The average Bonchev–Trinajstić information content (AvgIpc) is 3.05. The van der Waals surface area contributed by atoms with E-state index in [1.54, 1.807) is 4.90 Å². The highest BCUT2D eigenvalue weighted by atomic mass is 16.4. The number of nitrogens with zero attached hydrogens (tertiary/aromatic N) is 2. The summed E-state index contributed by atoms with van der Waals surface area (Å²) in [6, 6.07) is -1.14. The van der Waals surface area contributed by atoms with Crippen LogP contribution in [0.25, 0.3) is 0 Å². The number of aliphatic carboxylic acids is 1. The maximum atomic E-state index is 12.3. The van der Waals surface area contributed by atoms with Crippen LogP contribution in [0.2, 0.25) is 0 Å². The third-order valence-corrected chi connectivity index (χ3v) is 3.64. The molecule has 6 nitrogen and oxygen atoms in total. The standard InChI is InChI=1S/C12H20N2O4/c1-2-13(6-8-3-4-8)12(18)14-7-9(15)5-10(14)11(16)17/h8-10,15H,2-7H2,1H3,(H,16,17)/t9-,10+/m1/s1. The van der Waals surface area contributed by atoms with E-state index >= 15 is 0 Å². The number of carbonyl (C=O) groups excluding carboxylic acids is 1. The Kier molecular flexibility index (Phi) is 3.75. The molecule has 2 fully saturated rings. The summed E-state index contributed by atoms with van der Waals surface area (Å²) in [5.74, 6) is -0.466. The van der Waals surface area contributed by atoms with Gasteiger partial charge in [0, 0.05) is 26.1 Å². The van der Waals surface area contributed by atoms with Gasteiger partial charge in [0.25, 0.3) is 0 Å². The van der Waals surface area contributed by atoms with Crippen LogP contribution in [0.5, 0.6) is 0 Å². The highest BCUT2D eigenvalue weighted by Crippen LogP contribution is 2.30. The van der Waals surface area contributed by atoms with Crippen molar-refractivity contribution in [1.29, 1.82) is 0 Å². The van der Waals surface area contributed by atoms with Crippen LogP contribution in [0.4, 0.5) is 4.79 Å². The van der Waals surface area contributed by atoms with E-state index in [0.29, 0.717) is 19.0 Å². The Balaban J connectivity index is 2.02. The lowest BCUT2D eigenvalue weighted by atomic mass is 10.2. The van der Waals surface area contributed by atoms with Gasteiger partial charge in [0.2, 0.25) is 0 Å². The van der Waals surface area contributed by atoms with E-state index in [0.717, 1.165) is 12.8 Å². The molecule has 0 bridgehead atoms. The number of hydrogen-bond acceptors (Lipinski definition) is 3. The summed E-state index contributed by atoms with van der Waals surface area (Å²) in [5.41, 5.74) is 0. The molecule has 1 heterocycles. The molecule has 2 N–H and O–H groups in total. The maximum absolute atomic E-state index is 12.3. The molecule has 0 aromatic rings. The third kappa shape index (κ3) is 2.75. The first kappa shape index (κ1) is 13.1. The summed E-state index contributed by atoms with van der Waals surface area (Å²) in [4.78, 5) is 26.3. The second-order valence-corrected chi connectivity index (χ2v) is 5.16. The van der Waals surface area contributed by atoms with E-state index in [9.17, 15) is 14.7 Å². The van der Waals surface area contributed by atoms with Gasteiger partial charge in [-0.05, 0) is 25.7 Å². The van der Waals surface area contributed by atoms with E-state index in [2.05, 4.69) is 0 Å². The van der Waals surface area contributed by atoms with Crippen molar-refractivity contribution in [2.75, 3.05) is 19.6 Å². The molecular weight excluding hydrogens is 236 g/mol. The first-order chi connectivity index (χ1) is 8.52. The van der Waals surface area contributed by atoms with Gasteiger partial charge in [-0.25, -0.2) is 9.59 Å². The van der Waals surface area contributed by atoms with Crippen molar-refractivity contribution >= 4 is 12.0 Å². The second kappa shape index (κ2) is 5.14. The predicted octanol–water partition coefficient (Wildman–Crippen LogP) is 0.358. The summed E-state index contributed by atoms with van der Waals surface area (Å²) >= 11 is 0. The van der Waals surface area contributed by atoms with Gasteiger partial charge in [-0.1, -0.05) is 0 Å². The molecule has 6 heteroatoms. The first-order valence-corrected chi connectivity index (χ1v) is 6.49. The monoisotopic (exact) mass is 256 g/mol. The summed E-state index contributed by atoms with van der Waals surface area (Å²) in [5, 5.41) is 18.6. The van der Waals surface area contributed by atoms with Crippen molar-refractivity contribution in [3.8, 4) is 0 Å². The van der Waals surface area contributed by atoms with Crippen LogP contribution in [-0.2, 0) is 4.79 Å². The van der Waals surface area contributed by atoms with Crippen molar-refractivity contribution in [2.45, 2.75) is 38.3 Å². The molecule has 0 radical (unpaired) electrons. The number of likely N-dealkylation sites (tertiary alicyclic amines) is 1. The molecule has 18 heavy (non-hydrogen) atoms. The summed E-state index contributed by atoms with van der Waals surface area (Å²) < 4.78 is 0. The topological polar surface area (TPSA) is 81.1 Å². The minimum Gasteiger partial charge on any atom is -0.480 e. The lowest BCUT2D eigenvalue weighted by Gasteiger charge is -2.29. The van der Waals surface area contributed by atoms with E-state index in [4.69, 9.17) is 5.11 Å². The molecule has 0 aromatic carbocycles. The van der Waals surface area contributed by atoms with Crippen LogP contribution in [-0.4, -0.2) is 63.8 Å². The number of carboxylic acids is 1. The molecule has 0 spiro atoms. The third-order valence-electron chi connectivity index (χ3n) is 3.64. The molecule has 2 rings (SSSR count). The SMILES string of the molecule is CCN(CC1CC1)C(=O)N1C[C@H](O)C[C@H]1C(=O)O. The number of urea groups is 1. The van der Waals surface area contributed by atoms with Crippen LogP contribution in [0, 0.1) is 5.92 Å². The number of β-amino-alcohol motifs (C(OH)–C–C–N with tert-alkyl or cyclic N) is 1.